The highest BCUT2D eigenvalue weighted by Crippen LogP contribution is 2.35. The molecule has 0 atom stereocenters. The van der Waals surface area contributed by atoms with Gasteiger partial charge in [0.1, 0.15) is 10.7 Å². The number of hydrogen-bond acceptors (Lipinski definition) is 6. The summed E-state index contributed by atoms with van der Waals surface area (Å²) in [6.07, 6.45) is 0. The van der Waals surface area contributed by atoms with E-state index >= 15 is 0 Å². The van der Waals surface area contributed by atoms with Gasteiger partial charge in [-0.3, -0.25) is 10.1 Å². The van der Waals surface area contributed by atoms with E-state index in [9.17, 15) is 4.79 Å². The lowest BCUT2D eigenvalue weighted by Gasteiger charge is -2.16. The summed E-state index contributed by atoms with van der Waals surface area (Å²) in [6, 6.07) is 4.21. The van der Waals surface area contributed by atoms with Crippen LogP contribution in [0, 0.1) is 27.7 Å². The van der Waals surface area contributed by atoms with Crippen molar-refractivity contribution in [2.45, 2.75) is 53.9 Å². The molecule has 7 heteroatoms. The van der Waals surface area contributed by atoms with Crippen LogP contribution in [-0.4, -0.2) is 20.9 Å². The fourth-order valence-electron chi connectivity index (χ4n) is 3.47. The molecule has 0 aliphatic heterocycles. The van der Waals surface area contributed by atoms with Crippen LogP contribution in [0.4, 0.5) is 5.13 Å². The molecule has 0 radical (unpaired) electrons. The van der Waals surface area contributed by atoms with Crippen LogP contribution in [0.2, 0.25) is 0 Å². The maximum Gasteiger partial charge on any atom is 0.267 e. The van der Waals surface area contributed by atoms with E-state index in [1.807, 2.05) is 20.8 Å². The molecule has 0 saturated carbocycles. The summed E-state index contributed by atoms with van der Waals surface area (Å²) >= 11 is 2.93. The number of anilines is 1. The molecule has 29 heavy (non-hydrogen) atoms. The normalized spacial score (nSPS) is 12.1. The number of hydrogen-bond donors (Lipinski definition) is 1. The lowest BCUT2D eigenvalue weighted by atomic mass is 9.95. The van der Waals surface area contributed by atoms with Gasteiger partial charge in [0.05, 0.1) is 20.8 Å². The SMILES string of the molecule is Cc1cc(C)c2nc(NC(=O)c3sc4nc(C(C)(C)C)nc(C)c4c3C)sc2c1. The zero-order valence-corrected chi connectivity index (χ0v) is 19.4. The first-order valence-electron chi connectivity index (χ1n) is 9.52. The van der Waals surface area contributed by atoms with E-state index < -0.39 is 0 Å². The maximum atomic E-state index is 13.0. The summed E-state index contributed by atoms with van der Waals surface area (Å²) in [7, 11) is 0. The minimum absolute atomic E-state index is 0.143. The Morgan fingerprint density at radius 2 is 1.72 bits per heavy atom. The number of nitrogens with zero attached hydrogens (tertiary/aromatic N) is 3. The fraction of sp³-hybridized carbons (Fsp3) is 0.364. The Balaban J connectivity index is 1.73. The van der Waals surface area contributed by atoms with Gasteiger partial charge in [0.2, 0.25) is 0 Å². The molecular weight excluding hydrogens is 400 g/mol. The molecule has 0 saturated heterocycles. The van der Waals surface area contributed by atoms with Crippen molar-refractivity contribution >= 4 is 54.1 Å². The number of amides is 1. The standard InChI is InChI=1S/C22H24N4OS2/c1-10-8-11(2)16-14(9-10)28-21(24-16)25-18(27)17-12(3)15-13(4)23-20(22(5,6)7)26-19(15)29-17/h8-9H,1-7H3,(H,24,25,27). The number of carbonyl (C=O) groups is 1. The van der Waals surface area contributed by atoms with E-state index in [2.05, 4.69) is 50.1 Å². The maximum absolute atomic E-state index is 13.0. The van der Waals surface area contributed by atoms with Crippen LogP contribution < -0.4 is 5.32 Å². The second-order valence-corrected chi connectivity index (χ2v) is 10.6. The third-order valence-corrected chi connectivity index (χ3v) is 7.00. The zero-order chi connectivity index (χ0) is 21.1. The number of aryl methyl sites for hydroxylation is 4. The van der Waals surface area contributed by atoms with Gasteiger partial charge in [0, 0.05) is 10.8 Å². The van der Waals surface area contributed by atoms with Gasteiger partial charge in [-0.1, -0.05) is 38.2 Å². The minimum atomic E-state index is -0.143. The number of fused-ring (bicyclic) bond motifs is 2. The molecule has 1 amide bonds. The van der Waals surface area contributed by atoms with Crippen molar-refractivity contribution in [3.8, 4) is 0 Å². The molecule has 5 nitrogen and oxygen atoms in total. The smallest absolute Gasteiger partial charge is 0.267 e. The third-order valence-electron chi connectivity index (χ3n) is 4.90. The minimum Gasteiger partial charge on any atom is -0.297 e. The van der Waals surface area contributed by atoms with E-state index in [4.69, 9.17) is 9.97 Å². The van der Waals surface area contributed by atoms with Gasteiger partial charge in [0.15, 0.2) is 5.13 Å². The summed E-state index contributed by atoms with van der Waals surface area (Å²) in [5.41, 5.74) is 4.96. The van der Waals surface area contributed by atoms with Crippen molar-refractivity contribution in [2.24, 2.45) is 0 Å². The number of thiophene rings is 1. The van der Waals surface area contributed by atoms with Gasteiger partial charge in [-0.25, -0.2) is 15.0 Å². The van der Waals surface area contributed by atoms with Crippen LogP contribution in [-0.2, 0) is 5.41 Å². The zero-order valence-electron chi connectivity index (χ0n) is 17.7. The molecule has 0 aliphatic carbocycles. The molecule has 0 fully saturated rings. The fourth-order valence-corrected chi connectivity index (χ4v) is 5.63. The third kappa shape index (κ3) is 3.53. The van der Waals surface area contributed by atoms with Gasteiger partial charge in [-0.05, 0) is 50.5 Å². The Hall–Kier alpha value is -2.38. The molecule has 4 rings (SSSR count). The highest BCUT2D eigenvalue weighted by Gasteiger charge is 2.24. The number of thiazole rings is 1. The number of benzene rings is 1. The summed E-state index contributed by atoms with van der Waals surface area (Å²) < 4.78 is 1.09. The van der Waals surface area contributed by atoms with Gasteiger partial charge in [0.25, 0.3) is 5.91 Å². The Kier molecular flexibility index (Phi) is 4.70. The molecule has 0 spiro atoms. The van der Waals surface area contributed by atoms with Crippen LogP contribution >= 0.6 is 22.7 Å². The molecule has 0 aliphatic rings. The first-order valence-corrected chi connectivity index (χ1v) is 11.1. The second kappa shape index (κ2) is 6.85. The highest BCUT2D eigenvalue weighted by atomic mass is 32.1. The van der Waals surface area contributed by atoms with Crippen molar-refractivity contribution < 1.29 is 4.79 Å². The van der Waals surface area contributed by atoms with E-state index in [-0.39, 0.29) is 11.3 Å². The van der Waals surface area contributed by atoms with Crippen LogP contribution in [0.15, 0.2) is 12.1 Å². The second-order valence-electron chi connectivity index (χ2n) is 8.52. The quantitative estimate of drug-likeness (QED) is 0.423. The molecular formula is C22H24N4OS2. The molecule has 1 N–H and O–H groups in total. The summed E-state index contributed by atoms with van der Waals surface area (Å²) in [5, 5.41) is 4.59. The molecule has 0 unspecified atom stereocenters. The van der Waals surface area contributed by atoms with Crippen LogP contribution in [0.5, 0.6) is 0 Å². The van der Waals surface area contributed by atoms with E-state index in [0.29, 0.717) is 10.0 Å². The largest absolute Gasteiger partial charge is 0.297 e. The Morgan fingerprint density at radius 1 is 1.00 bits per heavy atom. The van der Waals surface area contributed by atoms with Crippen LogP contribution in [0.1, 0.15) is 58.7 Å². The van der Waals surface area contributed by atoms with Crippen LogP contribution in [0.25, 0.3) is 20.4 Å². The lowest BCUT2D eigenvalue weighted by Crippen LogP contribution is -2.16. The molecule has 3 aromatic heterocycles. The summed E-state index contributed by atoms with van der Waals surface area (Å²) in [6.45, 7) is 14.4. The van der Waals surface area contributed by atoms with Crippen LogP contribution in [0.3, 0.4) is 0 Å². The van der Waals surface area contributed by atoms with Crippen molar-refractivity contribution in [1.29, 1.82) is 0 Å². The Bertz CT molecular complexity index is 1280. The Morgan fingerprint density at radius 3 is 2.41 bits per heavy atom. The van der Waals surface area contributed by atoms with Crippen molar-refractivity contribution in [3.63, 3.8) is 0 Å². The predicted molar refractivity (Wildman–Crippen MR) is 123 cm³/mol. The van der Waals surface area contributed by atoms with Crippen molar-refractivity contribution in [1.82, 2.24) is 15.0 Å². The number of carbonyl (C=O) groups excluding carboxylic acids is 1. The van der Waals surface area contributed by atoms with E-state index in [0.717, 1.165) is 43.1 Å². The number of nitrogens with one attached hydrogen (secondary N) is 1. The van der Waals surface area contributed by atoms with E-state index in [1.54, 1.807) is 0 Å². The van der Waals surface area contributed by atoms with Crippen molar-refractivity contribution in [3.05, 3.63) is 45.2 Å². The molecule has 0 bridgehead atoms. The monoisotopic (exact) mass is 424 g/mol. The van der Waals surface area contributed by atoms with Gasteiger partial charge in [-0.15, -0.1) is 11.3 Å². The molecule has 150 valence electrons. The van der Waals surface area contributed by atoms with Gasteiger partial charge in [-0.2, -0.15) is 0 Å². The Labute approximate surface area is 178 Å². The van der Waals surface area contributed by atoms with E-state index in [1.165, 1.54) is 28.2 Å². The lowest BCUT2D eigenvalue weighted by molar-refractivity contribution is 0.103. The summed E-state index contributed by atoms with van der Waals surface area (Å²) in [4.78, 5) is 28.6. The van der Waals surface area contributed by atoms with Gasteiger partial charge >= 0.3 is 0 Å². The predicted octanol–water partition coefficient (Wildman–Crippen LogP) is 6.08. The first-order chi connectivity index (χ1) is 13.5. The average Bonchev–Trinajstić information content (AvgIpc) is 3.15. The molecule has 4 aromatic rings. The summed E-state index contributed by atoms with van der Waals surface area (Å²) in [5.74, 6) is 0.656. The van der Waals surface area contributed by atoms with Gasteiger partial charge < -0.3 is 0 Å². The molecule has 3 heterocycles. The topological polar surface area (TPSA) is 67.8 Å². The first kappa shape index (κ1) is 19.9. The molecule has 1 aromatic carbocycles. The highest BCUT2D eigenvalue weighted by molar-refractivity contribution is 7.23. The number of rotatable bonds is 2. The average molecular weight is 425 g/mol. The van der Waals surface area contributed by atoms with Crippen molar-refractivity contribution in [2.75, 3.05) is 5.32 Å². The number of aromatic nitrogens is 3.